The van der Waals surface area contributed by atoms with Gasteiger partial charge in [0.15, 0.2) is 0 Å². The zero-order valence-electron chi connectivity index (χ0n) is 15.0. The molecule has 0 aromatic carbocycles. The molecule has 2 rings (SSSR count). The first-order chi connectivity index (χ1) is 10.0. The van der Waals surface area contributed by atoms with Gasteiger partial charge < -0.3 is 5.32 Å². The van der Waals surface area contributed by atoms with Crippen molar-refractivity contribution in [1.82, 2.24) is 10.2 Å². The Labute approximate surface area is 133 Å². The number of rotatable bonds is 6. The smallest absolute Gasteiger partial charge is 0.0309 e. The molecule has 1 spiro atoms. The van der Waals surface area contributed by atoms with E-state index in [9.17, 15) is 0 Å². The third-order valence-electron chi connectivity index (χ3n) is 5.72. The van der Waals surface area contributed by atoms with Crippen LogP contribution in [0.25, 0.3) is 0 Å². The van der Waals surface area contributed by atoms with Crippen LogP contribution in [0, 0.1) is 11.8 Å². The van der Waals surface area contributed by atoms with Gasteiger partial charge in [0.2, 0.25) is 0 Å². The van der Waals surface area contributed by atoms with Crippen molar-refractivity contribution in [2.24, 2.45) is 11.8 Å². The third kappa shape index (κ3) is 4.96. The van der Waals surface area contributed by atoms with Crippen molar-refractivity contribution in [2.75, 3.05) is 19.6 Å². The molecular formula is C19H38N2. The molecule has 0 amide bonds. The second kappa shape index (κ2) is 7.97. The minimum absolute atomic E-state index is 0.460. The Morgan fingerprint density at radius 3 is 2.38 bits per heavy atom. The molecule has 1 saturated carbocycles. The Balaban J connectivity index is 1.88. The molecular weight excluding hydrogens is 256 g/mol. The van der Waals surface area contributed by atoms with Gasteiger partial charge in [0.05, 0.1) is 0 Å². The molecule has 1 heterocycles. The molecule has 1 atom stereocenters. The quantitative estimate of drug-likeness (QED) is 0.728. The average Bonchev–Trinajstić information content (AvgIpc) is 2.44. The van der Waals surface area contributed by atoms with Crippen molar-refractivity contribution >= 4 is 0 Å². The average molecular weight is 295 g/mol. The highest BCUT2D eigenvalue weighted by Crippen LogP contribution is 2.33. The zero-order chi connectivity index (χ0) is 15.3. The van der Waals surface area contributed by atoms with Crippen LogP contribution in [0.4, 0.5) is 0 Å². The van der Waals surface area contributed by atoms with E-state index in [4.69, 9.17) is 0 Å². The summed E-state index contributed by atoms with van der Waals surface area (Å²) in [5.41, 5.74) is 0.460. The van der Waals surface area contributed by atoms with Gasteiger partial charge >= 0.3 is 0 Å². The molecule has 1 N–H and O–H groups in total. The number of nitrogens with zero attached hydrogens (tertiary/aromatic N) is 1. The van der Waals surface area contributed by atoms with Gasteiger partial charge in [0, 0.05) is 24.7 Å². The molecule has 2 fully saturated rings. The highest BCUT2D eigenvalue weighted by Gasteiger charge is 2.40. The highest BCUT2D eigenvalue weighted by molar-refractivity contribution is 5.00. The molecule has 1 aliphatic heterocycles. The summed E-state index contributed by atoms with van der Waals surface area (Å²) in [6.07, 6.45) is 11.3. The number of unbranched alkanes of at least 4 members (excludes halogenated alkanes) is 1. The largest absolute Gasteiger partial charge is 0.308 e. The Kier molecular flexibility index (Phi) is 6.55. The molecule has 0 aromatic rings. The van der Waals surface area contributed by atoms with Crippen molar-refractivity contribution in [2.45, 2.75) is 90.6 Å². The van der Waals surface area contributed by atoms with E-state index in [-0.39, 0.29) is 0 Å². The molecule has 2 nitrogen and oxygen atoms in total. The van der Waals surface area contributed by atoms with E-state index in [2.05, 4.69) is 37.9 Å². The van der Waals surface area contributed by atoms with E-state index >= 15 is 0 Å². The zero-order valence-corrected chi connectivity index (χ0v) is 15.0. The molecule has 124 valence electrons. The second-order valence-corrected chi connectivity index (χ2v) is 8.39. The fraction of sp³-hybridized carbons (Fsp3) is 1.00. The lowest BCUT2D eigenvalue weighted by Crippen LogP contribution is -2.65. The van der Waals surface area contributed by atoms with E-state index in [0.29, 0.717) is 5.54 Å². The van der Waals surface area contributed by atoms with Gasteiger partial charge in [-0.15, -0.1) is 0 Å². The van der Waals surface area contributed by atoms with Crippen LogP contribution in [-0.2, 0) is 0 Å². The third-order valence-corrected chi connectivity index (χ3v) is 5.72. The summed E-state index contributed by atoms with van der Waals surface area (Å²) in [6, 6.07) is 0.747. The predicted molar refractivity (Wildman–Crippen MR) is 92.7 cm³/mol. The molecule has 1 aliphatic carbocycles. The van der Waals surface area contributed by atoms with E-state index in [1.807, 2.05) is 0 Å². The molecule has 2 heteroatoms. The van der Waals surface area contributed by atoms with E-state index in [1.165, 1.54) is 71.0 Å². The van der Waals surface area contributed by atoms with Gasteiger partial charge in [0.1, 0.15) is 0 Å². The summed E-state index contributed by atoms with van der Waals surface area (Å²) in [5, 5.41) is 3.96. The lowest BCUT2D eigenvalue weighted by Gasteiger charge is -2.51. The van der Waals surface area contributed by atoms with Crippen LogP contribution in [0.1, 0.15) is 79.1 Å². The first-order valence-corrected chi connectivity index (χ1v) is 9.51. The fourth-order valence-corrected chi connectivity index (χ4v) is 4.35. The second-order valence-electron chi connectivity index (χ2n) is 8.39. The van der Waals surface area contributed by atoms with Crippen molar-refractivity contribution in [3.05, 3.63) is 0 Å². The summed E-state index contributed by atoms with van der Waals surface area (Å²) in [5.74, 6) is 1.63. The van der Waals surface area contributed by atoms with Crippen LogP contribution in [0.3, 0.4) is 0 Å². The van der Waals surface area contributed by atoms with Crippen molar-refractivity contribution in [1.29, 1.82) is 0 Å². The van der Waals surface area contributed by atoms with E-state index in [0.717, 1.165) is 17.9 Å². The lowest BCUT2D eigenvalue weighted by atomic mass is 9.78. The Hall–Kier alpha value is -0.0800. The van der Waals surface area contributed by atoms with Crippen LogP contribution in [-0.4, -0.2) is 36.1 Å². The Morgan fingerprint density at radius 1 is 1.05 bits per heavy atom. The minimum Gasteiger partial charge on any atom is -0.308 e. The molecule has 0 radical (unpaired) electrons. The van der Waals surface area contributed by atoms with Gasteiger partial charge in [-0.1, -0.05) is 59.8 Å². The summed E-state index contributed by atoms with van der Waals surface area (Å²) < 4.78 is 0. The number of hydrogen-bond donors (Lipinski definition) is 1. The van der Waals surface area contributed by atoms with Crippen LogP contribution in [0.2, 0.25) is 0 Å². The maximum Gasteiger partial charge on any atom is 0.0309 e. The standard InChI is InChI=1S/C19H38N2/c1-16(2)10-6-9-13-21-15-19(11-7-5-8-12-19)20-14-18(21)17(3)4/h16-18,20H,5-15H2,1-4H3. The molecule has 1 unspecified atom stereocenters. The molecule has 2 aliphatic rings. The monoisotopic (exact) mass is 294 g/mol. The Morgan fingerprint density at radius 2 is 1.76 bits per heavy atom. The topological polar surface area (TPSA) is 15.3 Å². The number of hydrogen-bond acceptors (Lipinski definition) is 2. The van der Waals surface area contributed by atoms with Crippen molar-refractivity contribution in [3.63, 3.8) is 0 Å². The maximum atomic E-state index is 3.96. The molecule has 21 heavy (non-hydrogen) atoms. The Bertz CT molecular complexity index is 292. The summed E-state index contributed by atoms with van der Waals surface area (Å²) >= 11 is 0. The first kappa shape index (κ1) is 17.3. The van der Waals surface area contributed by atoms with Crippen LogP contribution in [0.15, 0.2) is 0 Å². The van der Waals surface area contributed by atoms with Gasteiger partial charge in [-0.3, -0.25) is 4.90 Å². The number of piperazine rings is 1. The predicted octanol–water partition coefficient (Wildman–Crippen LogP) is 4.45. The van der Waals surface area contributed by atoms with Crippen LogP contribution in [0.5, 0.6) is 0 Å². The summed E-state index contributed by atoms with van der Waals surface area (Å²) in [7, 11) is 0. The maximum absolute atomic E-state index is 3.96. The van der Waals surface area contributed by atoms with Gasteiger partial charge in [0.25, 0.3) is 0 Å². The summed E-state index contributed by atoms with van der Waals surface area (Å²) in [6.45, 7) is 13.3. The minimum atomic E-state index is 0.460. The van der Waals surface area contributed by atoms with Crippen molar-refractivity contribution < 1.29 is 0 Å². The normalized spacial score (nSPS) is 26.9. The van der Waals surface area contributed by atoms with Crippen molar-refractivity contribution in [3.8, 4) is 0 Å². The lowest BCUT2D eigenvalue weighted by molar-refractivity contribution is 0.0352. The van der Waals surface area contributed by atoms with E-state index < -0.39 is 0 Å². The SMILES string of the molecule is CC(C)CCCCN1CC2(CCCCC2)NCC1C(C)C. The first-order valence-electron chi connectivity index (χ1n) is 9.51. The molecule has 0 bridgehead atoms. The van der Waals surface area contributed by atoms with Gasteiger partial charge in [-0.2, -0.15) is 0 Å². The van der Waals surface area contributed by atoms with Gasteiger partial charge in [-0.05, 0) is 37.6 Å². The van der Waals surface area contributed by atoms with Gasteiger partial charge in [-0.25, -0.2) is 0 Å². The molecule has 0 aromatic heterocycles. The van der Waals surface area contributed by atoms with Crippen LogP contribution >= 0.6 is 0 Å². The highest BCUT2D eigenvalue weighted by atomic mass is 15.3. The van der Waals surface area contributed by atoms with E-state index in [1.54, 1.807) is 0 Å². The summed E-state index contributed by atoms with van der Waals surface area (Å²) in [4.78, 5) is 2.84. The van der Waals surface area contributed by atoms with Crippen LogP contribution < -0.4 is 5.32 Å². The fourth-order valence-electron chi connectivity index (χ4n) is 4.35. The number of nitrogens with one attached hydrogen (secondary N) is 1. The molecule has 1 saturated heterocycles.